The summed E-state index contributed by atoms with van der Waals surface area (Å²) in [5, 5.41) is 3.60. The van der Waals surface area contributed by atoms with Gasteiger partial charge < -0.3 is 14.4 Å². The summed E-state index contributed by atoms with van der Waals surface area (Å²) in [5.41, 5.74) is 15.5. The number of rotatable bonds is 12. The first-order chi connectivity index (χ1) is 33.6. The van der Waals surface area contributed by atoms with E-state index in [1.165, 1.54) is 37.0 Å². The Labute approximate surface area is 408 Å². The van der Waals surface area contributed by atoms with Crippen molar-refractivity contribution < 1.29 is 0 Å². The molecule has 0 bridgehead atoms. The third-order valence-electron chi connectivity index (χ3n) is 12.4. The van der Waals surface area contributed by atoms with Gasteiger partial charge >= 0.3 is 0 Å². The third kappa shape index (κ3) is 8.21. The maximum absolute atomic E-state index is 4.21. The second kappa shape index (κ2) is 19.6. The lowest BCUT2D eigenvalue weighted by atomic mass is 9.98. The molecule has 9 aromatic carbocycles. The van der Waals surface area contributed by atoms with Crippen molar-refractivity contribution in [2.45, 2.75) is 18.7 Å². The van der Waals surface area contributed by atoms with Crippen molar-refractivity contribution in [1.82, 2.24) is 4.57 Å². The van der Waals surface area contributed by atoms with Gasteiger partial charge in [-0.2, -0.15) is 0 Å². The highest BCUT2D eigenvalue weighted by atomic mass is 32.2. The molecule has 0 saturated carbocycles. The highest BCUT2D eigenvalue weighted by Gasteiger charge is 2.22. The van der Waals surface area contributed by atoms with Crippen LogP contribution in [0.25, 0.3) is 72.0 Å². The molecular weight excluding hydrogens is 863 g/mol. The number of anilines is 6. The molecule has 5 heteroatoms. The van der Waals surface area contributed by atoms with E-state index in [1.54, 1.807) is 23.1 Å². The van der Waals surface area contributed by atoms with Gasteiger partial charge in [-0.1, -0.05) is 160 Å². The van der Waals surface area contributed by atoms with Crippen LogP contribution in [0.2, 0.25) is 0 Å². The monoisotopic (exact) mass is 913 g/mol. The minimum atomic E-state index is 1.03. The van der Waals surface area contributed by atoms with E-state index in [0.717, 1.165) is 72.3 Å². The minimum Gasteiger partial charge on any atom is -0.310 e. The Hall–Kier alpha value is -7.83. The van der Waals surface area contributed by atoms with Crippen molar-refractivity contribution in [2.75, 3.05) is 16.1 Å². The molecule has 0 N–H and O–H groups in total. The van der Waals surface area contributed by atoms with Crippen molar-refractivity contribution in [3.05, 3.63) is 242 Å². The van der Waals surface area contributed by atoms with Gasteiger partial charge in [0.25, 0.3) is 0 Å². The smallest absolute Gasteiger partial charge is 0.0561 e. The number of hydrogen-bond donors (Lipinski definition) is 0. The first-order valence-electron chi connectivity index (χ1n) is 23.1. The Balaban J connectivity index is 0.00000266. The SMILES string of the molecule is C=Cc1sc2ccc(N(c3ccccc3)c3cc(-c4ccc(-c5ccccc5SC)cc4)cc(N(c4ccccc4)c4ccc5c6ccccc6n(-c6ccccc6)c5c4)c3)cc2c1C=C.CC. The molecule has 11 rings (SSSR count). The van der Waals surface area contributed by atoms with Crippen LogP contribution in [0.5, 0.6) is 0 Å². The number of thioether (sulfide) groups is 1. The van der Waals surface area contributed by atoms with E-state index in [0.29, 0.717) is 0 Å². The van der Waals surface area contributed by atoms with Crippen molar-refractivity contribution in [3.63, 3.8) is 0 Å². The predicted octanol–water partition coefficient (Wildman–Crippen LogP) is 19.3. The molecule has 0 amide bonds. The first kappa shape index (κ1) is 44.0. The highest BCUT2D eigenvalue weighted by Crippen LogP contribution is 2.46. The zero-order valence-corrected chi connectivity index (χ0v) is 40.1. The van der Waals surface area contributed by atoms with Crippen LogP contribution >= 0.6 is 23.1 Å². The number of hydrogen-bond acceptors (Lipinski definition) is 4. The molecule has 0 atom stereocenters. The second-order valence-corrected chi connectivity index (χ2v) is 18.1. The third-order valence-corrected chi connectivity index (χ3v) is 14.4. The van der Waals surface area contributed by atoms with Crippen LogP contribution in [-0.2, 0) is 0 Å². The molecule has 330 valence electrons. The van der Waals surface area contributed by atoms with Crippen LogP contribution in [0.1, 0.15) is 24.3 Å². The van der Waals surface area contributed by atoms with Gasteiger partial charge in [0, 0.05) is 70.4 Å². The maximum Gasteiger partial charge on any atom is 0.0561 e. The molecule has 0 saturated heterocycles. The number of thiophene rings is 1. The Morgan fingerprint density at radius 1 is 0.441 bits per heavy atom. The molecule has 0 unspecified atom stereocenters. The Morgan fingerprint density at radius 2 is 1.00 bits per heavy atom. The minimum absolute atomic E-state index is 1.03. The summed E-state index contributed by atoms with van der Waals surface area (Å²) in [6.45, 7) is 12.3. The Bertz CT molecular complexity index is 3550. The van der Waals surface area contributed by atoms with Crippen molar-refractivity contribution in [1.29, 1.82) is 0 Å². The maximum atomic E-state index is 4.21. The summed E-state index contributed by atoms with van der Waals surface area (Å²) in [6, 6.07) is 79.2. The lowest BCUT2D eigenvalue weighted by molar-refractivity contribution is 1.18. The first-order valence-corrected chi connectivity index (χ1v) is 25.1. The van der Waals surface area contributed by atoms with Crippen LogP contribution in [0, 0.1) is 0 Å². The highest BCUT2D eigenvalue weighted by molar-refractivity contribution is 7.98. The lowest BCUT2D eigenvalue weighted by Gasteiger charge is -2.30. The molecule has 3 nitrogen and oxygen atoms in total. The van der Waals surface area contributed by atoms with Crippen molar-refractivity contribution in [3.8, 4) is 27.9 Å². The van der Waals surface area contributed by atoms with Gasteiger partial charge in [0.2, 0.25) is 0 Å². The van der Waals surface area contributed by atoms with Gasteiger partial charge in [-0.3, -0.25) is 0 Å². The van der Waals surface area contributed by atoms with E-state index >= 15 is 0 Å². The second-order valence-electron chi connectivity index (χ2n) is 16.2. The summed E-state index contributed by atoms with van der Waals surface area (Å²) in [6.07, 6.45) is 6.03. The zero-order chi connectivity index (χ0) is 46.6. The molecule has 2 heterocycles. The molecule has 0 spiro atoms. The zero-order valence-electron chi connectivity index (χ0n) is 38.5. The fraction of sp³-hybridized carbons (Fsp3) is 0.0476. The molecule has 0 fully saturated rings. The molecule has 0 aliphatic heterocycles. The van der Waals surface area contributed by atoms with Gasteiger partial charge in [-0.15, -0.1) is 23.1 Å². The van der Waals surface area contributed by atoms with Crippen LogP contribution in [0.15, 0.2) is 236 Å². The number of nitrogens with zero attached hydrogens (tertiary/aromatic N) is 3. The molecule has 2 aromatic heterocycles. The van der Waals surface area contributed by atoms with Gasteiger partial charge in [-0.05, 0) is 131 Å². The molecule has 0 radical (unpaired) electrons. The summed E-state index contributed by atoms with van der Waals surface area (Å²) in [5.74, 6) is 0. The Morgan fingerprint density at radius 3 is 1.65 bits per heavy atom. The molecule has 0 aliphatic carbocycles. The molecule has 11 aromatic rings. The average Bonchev–Trinajstić information content (AvgIpc) is 3.95. The van der Waals surface area contributed by atoms with Crippen molar-refractivity contribution >= 4 is 101 Å². The van der Waals surface area contributed by atoms with E-state index in [9.17, 15) is 0 Å². The number of para-hydroxylation sites is 4. The van der Waals surface area contributed by atoms with Gasteiger partial charge in [0.05, 0.1) is 11.0 Å². The number of benzene rings is 9. The van der Waals surface area contributed by atoms with Gasteiger partial charge in [0.15, 0.2) is 0 Å². The standard InChI is InChI=1S/C61H45N3S2.C2H6/c1-4-52-56-40-48(34-36-61(56)66-59(52)5-2)62(45-19-9-6-10-20-45)50-37-44(42-29-31-43(32-30-42)53-25-16-18-28-60(53)65-3)38-51(39-50)63(46-21-11-7-12-22-46)49-33-35-55-54-26-15-17-27-57(54)64(58(55)41-49)47-23-13-8-14-24-47;1-2/h4-41H,1-2H2,3H3;1-2H3. The fourth-order valence-corrected chi connectivity index (χ4v) is 11.0. The van der Waals surface area contributed by atoms with E-state index in [1.807, 2.05) is 26.0 Å². The van der Waals surface area contributed by atoms with Crippen LogP contribution in [-0.4, -0.2) is 10.8 Å². The summed E-state index contributed by atoms with van der Waals surface area (Å²) in [7, 11) is 0. The summed E-state index contributed by atoms with van der Waals surface area (Å²) >= 11 is 3.52. The summed E-state index contributed by atoms with van der Waals surface area (Å²) in [4.78, 5) is 7.17. The fourth-order valence-electron chi connectivity index (χ4n) is 9.37. The van der Waals surface area contributed by atoms with E-state index in [-0.39, 0.29) is 0 Å². The molecule has 68 heavy (non-hydrogen) atoms. The lowest BCUT2D eigenvalue weighted by Crippen LogP contribution is -2.13. The largest absolute Gasteiger partial charge is 0.310 e. The van der Waals surface area contributed by atoms with E-state index in [4.69, 9.17) is 0 Å². The van der Waals surface area contributed by atoms with Crippen LogP contribution in [0.3, 0.4) is 0 Å². The Kier molecular flexibility index (Phi) is 12.7. The van der Waals surface area contributed by atoms with Crippen LogP contribution in [0.4, 0.5) is 34.1 Å². The number of fused-ring (bicyclic) bond motifs is 4. The van der Waals surface area contributed by atoms with E-state index < -0.39 is 0 Å². The number of aromatic nitrogens is 1. The van der Waals surface area contributed by atoms with Gasteiger partial charge in [0.1, 0.15) is 0 Å². The van der Waals surface area contributed by atoms with E-state index in [2.05, 4.69) is 252 Å². The van der Waals surface area contributed by atoms with Crippen LogP contribution < -0.4 is 9.80 Å². The van der Waals surface area contributed by atoms with Gasteiger partial charge in [-0.25, -0.2) is 0 Å². The predicted molar refractivity (Wildman–Crippen MR) is 300 cm³/mol. The molecule has 0 aliphatic rings. The summed E-state index contributed by atoms with van der Waals surface area (Å²) < 4.78 is 3.59. The molecular formula is C63H51N3S2. The van der Waals surface area contributed by atoms with Crippen molar-refractivity contribution in [2.24, 2.45) is 0 Å². The quantitative estimate of drug-likeness (QED) is 0.113. The topological polar surface area (TPSA) is 11.4 Å². The average molecular weight is 914 g/mol. The normalized spacial score (nSPS) is 11.0.